The number of carbonyl (C=O) groups is 2. The minimum atomic E-state index is -0.978. The van der Waals surface area contributed by atoms with Gasteiger partial charge in [0.2, 0.25) is 11.8 Å². The third-order valence-electron chi connectivity index (χ3n) is 4.44. The van der Waals surface area contributed by atoms with Crippen LogP contribution in [-0.2, 0) is 9.59 Å². The fourth-order valence-corrected chi connectivity index (χ4v) is 2.84. The van der Waals surface area contributed by atoms with Crippen LogP contribution >= 0.6 is 11.6 Å². The van der Waals surface area contributed by atoms with E-state index in [9.17, 15) is 9.59 Å². The summed E-state index contributed by atoms with van der Waals surface area (Å²) < 4.78 is 0. The van der Waals surface area contributed by atoms with Crippen LogP contribution in [0.3, 0.4) is 0 Å². The number of para-hydroxylation sites is 1. The second-order valence-corrected chi connectivity index (χ2v) is 6.70. The van der Waals surface area contributed by atoms with Gasteiger partial charge in [0.05, 0.1) is 0 Å². The Hall–Kier alpha value is -2.33. The van der Waals surface area contributed by atoms with Crippen molar-refractivity contribution in [2.45, 2.75) is 26.7 Å². The number of benzene rings is 2. The Morgan fingerprint density at radius 2 is 1.46 bits per heavy atom. The molecule has 4 nitrogen and oxygen atoms in total. The van der Waals surface area contributed by atoms with E-state index in [-0.39, 0.29) is 11.8 Å². The highest BCUT2D eigenvalue weighted by atomic mass is 35.5. The highest BCUT2D eigenvalue weighted by molar-refractivity contribution is 6.30. The average molecular weight is 343 g/mol. The zero-order chi connectivity index (χ0) is 17.3. The maximum atomic E-state index is 12.7. The van der Waals surface area contributed by atoms with Gasteiger partial charge in [-0.1, -0.05) is 29.8 Å². The number of nitrogens with one attached hydrogen (secondary N) is 2. The smallest absolute Gasteiger partial charge is 0.240 e. The summed E-state index contributed by atoms with van der Waals surface area (Å²) in [5.74, 6) is -0.514. The normalized spacial score (nSPS) is 14.8. The highest BCUT2D eigenvalue weighted by Crippen LogP contribution is 2.47. The van der Waals surface area contributed by atoms with Gasteiger partial charge in [-0.3, -0.25) is 9.59 Å². The molecule has 1 aliphatic rings. The molecule has 1 saturated carbocycles. The van der Waals surface area contributed by atoms with Crippen molar-refractivity contribution >= 4 is 34.8 Å². The fraction of sp³-hybridized carbons (Fsp3) is 0.263. The topological polar surface area (TPSA) is 58.2 Å². The van der Waals surface area contributed by atoms with Crippen LogP contribution in [0, 0.1) is 19.3 Å². The SMILES string of the molecule is Cc1cccc(C)c1NC(=O)C1(C(=O)Nc2ccc(Cl)cc2)CC1. The molecule has 3 rings (SSSR count). The lowest BCUT2D eigenvalue weighted by molar-refractivity contribution is -0.131. The summed E-state index contributed by atoms with van der Waals surface area (Å²) in [6.45, 7) is 3.88. The van der Waals surface area contributed by atoms with Crippen LogP contribution in [0.5, 0.6) is 0 Å². The monoisotopic (exact) mass is 342 g/mol. The number of hydrogen-bond acceptors (Lipinski definition) is 2. The van der Waals surface area contributed by atoms with Gasteiger partial charge in [0.25, 0.3) is 0 Å². The van der Waals surface area contributed by atoms with Crippen LogP contribution in [0.4, 0.5) is 11.4 Å². The Morgan fingerprint density at radius 1 is 0.917 bits per heavy atom. The first-order valence-corrected chi connectivity index (χ1v) is 8.25. The Balaban J connectivity index is 1.74. The molecule has 2 N–H and O–H groups in total. The zero-order valence-corrected chi connectivity index (χ0v) is 14.4. The molecule has 0 heterocycles. The first-order valence-electron chi connectivity index (χ1n) is 7.87. The molecular formula is C19H19ClN2O2. The average Bonchev–Trinajstić information content (AvgIpc) is 3.35. The van der Waals surface area contributed by atoms with Crippen LogP contribution in [0.25, 0.3) is 0 Å². The second kappa shape index (κ2) is 6.29. The van der Waals surface area contributed by atoms with Crippen molar-refractivity contribution in [1.82, 2.24) is 0 Å². The van der Waals surface area contributed by atoms with Crippen LogP contribution in [0.1, 0.15) is 24.0 Å². The molecule has 2 aromatic rings. The largest absolute Gasteiger partial charge is 0.325 e. The number of halogens is 1. The molecule has 0 radical (unpaired) electrons. The molecule has 0 aromatic heterocycles. The summed E-state index contributed by atoms with van der Waals surface area (Å²) in [5.41, 5.74) is 2.41. The maximum absolute atomic E-state index is 12.7. The molecule has 0 unspecified atom stereocenters. The number of amides is 2. The molecule has 24 heavy (non-hydrogen) atoms. The molecule has 0 atom stereocenters. The van der Waals surface area contributed by atoms with E-state index in [1.54, 1.807) is 24.3 Å². The molecule has 2 amide bonds. The first-order chi connectivity index (χ1) is 11.4. The van der Waals surface area contributed by atoms with E-state index >= 15 is 0 Å². The van der Waals surface area contributed by atoms with E-state index in [1.807, 2.05) is 32.0 Å². The van der Waals surface area contributed by atoms with Crippen LogP contribution in [0.2, 0.25) is 5.02 Å². The van der Waals surface area contributed by atoms with Crippen molar-refractivity contribution in [3.63, 3.8) is 0 Å². The summed E-state index contributed by atoms with van der Waals surface area (Å²) in [6.07, 6.45) is 1.12. The van der Waals surface area contributed by atoms with Gasteiger partial charge in [-0.05, 0) is 62.1 Å². The third kappa shape index (κ3) is 3.15. The molecule has 0 aliphatic heterocycles. The number of hydrogen-bond donors (Lipinski definition) is 2. The lowest BCUT2D eigenvalue weighted by Gasteiger charge is -2.17. The van der Waals surface area contributed by atoms with Crippen LogP contribution < -0.4 is 10.6 Å². The highest BCUT2D eigenvalue weighted by Gasteiger charge is 2.56. The lowest BCUT2D eigenvalue weighted by Crippen LogP contribution is -2.36. The van der Waals surface area contributed by atoms with Crippen molar-refractivity contribution in [1.29, 1.82) is 0 Å². The molecular weight excluding hydrogens is 324 g/mol. The van der Waals surface area contributed by atoms with Gasteiger partial charge >= 0.3 is 0 Å². The van der Waals surface area contributed by atoms with Gasteiger partial charge in [0.1, 0.15) is 5.41 Å². The molecule has 0 bridgehead atoms. The van der Waals surface area contributed by atoms with E-state index in [0.29, 0.717) is 23.6 Å². The molecule has 1 aliphatic carbocycles. The predicted molar refractivity (Wildman–Crippen MR) is 96.3 cm³/mol. The second-order valence-electron chi connectivity index (χ2n) is 6.26. The zero-order valence-electron chi connectivity index (χ0n) is 13.7. The van der Waals surface area contributed by atoms with Crippen molar-refractivity contribution in [2.75, 3.05) is 10.6 Å². The van der Waals surface area contributed by atoms with Gasteiger partial charge in [-0.25, -0.2) is 0 Å². The van der Waals surface area contributed by atoms with E-state index in [4.69, 9.17) is 11.6 Å². The fourth-order valence-electron chi connectivity index (χ4n) is 2.71. The third-order valence-corrected chi connectivity index (χ3v) is 4.69. The molecule has 5 heteroatoms. The molecule has 1 fully saturated rings. The van der Waals surface area contributed by atoms with Gasteiger partial charge in [-0.15, -0.1) is 0 Å². The van der Waals surface area contributed by atoms with Crippen LogP contribution in [-0.4, -0.2) is 11.8 Å². The van der Waals surface area contributed by atoms with Crippen molar-refractivity contribution in [3.05, 3.63) is 58.6 Å². The standard InChI is InChI=1S/C19H19ClN2O2/c1-12-4-3-5-13(2)16(12)22-18(24)19(10-11-19)17(23)21-15-8-6-14(20)7-9-15/h3-9H,10-11H2,1-2H3,(H,21,23)(H,22,24). The Bertz CT molecular complexity index is 775. The predicted octanol–water partition coefficient (Wildman–Crippen LogP) is 4.31. The van der Waals surface area contributed by atoms with Gasteiger partial charge in [0.15, 0.2) is 0 Å². The molecule has 0 saturated heterocycles. The van der Waals surface area contributed by atoms with Gasteiger partial charge < -0.3 is 10.6 Å². The summed E-state index contributed by atoms with van der Waals surface area (Å²) in [5, 5.41) is 6.34. The van der Waals surface area contributed by atoms with Crippen molar-refractivity contribution < 1.29 is 9.59 Å². The number of carbonyl (C=O) groups excluding carboxylic acids is 2. The summed E-state index contributed by atoms with van der Waals surface area (Å²) >= 11 is 5.84. The quantitative estimate of drug-likeness (QED) is 0.813. The summed E-state index contributed by atoms with van der Waals surface area (Å²) in [7, 11) is 0. The summed E-state index contributed by atoms with van der Waals surface area (Å²) in [4.78, 5) is 25.3. The lowest BCUT2D eigenvalue weighted by atomic mass is 10.0. The number of rotatable bonds is 4. The molecule has 124 valence electrons. The van der Waals surface area contributed by atoms with Crippen LogP contribution in [0.15, 0.2) is 42.5 Å². The van der Waals surface area contributed by atoms with E-state index in [0.717, 1.165) is 16.8 Å². The van der Waals surface area contributed by atoms with Crippen molar-refractivity contribution in [2.24, 2.45) is 5.41 Å². The Morgan fingerprint density at radius 3 is 2.00 bits per heavy atom. The van der Waals surface area contributed by atoms with Crippen molar-refractivity contribution in [3.8, 4) is 0 Å². The van der Waals surface area contributed by atoms with E-state index in [1.165, 1.54) is 0 Å². The molecule has 2 aromatic carbocycles. The summed E-state index contributed by atoms with van der Waals surface area (Å²) in [6, 6.07) is 12.7. The van der Waals surface area contributed by atoms with Gasteiger partial charge in [-0.2, -0.15) is 0 Å². The Labute approximate surface area is 146 Å². The number of aryl methyl sites for hydroxylation is 2. The van der Waals surface area contributed by atoms with Gasteiger partial charge in [0, 0.05) is 16.4 Å². The maximum Gasteiger partial charge on any atom is 0.240 e. The number of anilines is 2. The minimum Gasteiger partial charge on any atom is -0.325 e. The minimum absolute atomic E-state index is 0.244. The molecule has 0 spiro atoms. The Kier molecular flexibility index (Phi) is 4.33. The van der Waals surface area contributed by atoms with E-state index < -0.39 is 5.41 Å². The first kappa shape index (κ1) is 16.5. The van der Waals surface area contributed by atoms with E-state index in [2.05, 4.69) is 10.6 Å².